The Balaban J connectivity index is 3.14. The summed E-state index contributed by atoms with van der Waals surface area (Å²) in [7, 11) is 0. The van der Waals surface area contributed by atoms with Gasteiger partial charge in [0.05, 0.1) is 19.8 Å². The predicted molar refractivity (Wildman–Crippen MR) is 127 cm³/mol. The molecule has 0 aromatic heterocycles. The number of carbonyl (C=O) groups is 1. The summed E-state index contributed by atoms with van der Waals surface area (Å²) in [5.74, 6) is 0.462. The van der Waals surface area contributed by atoms with E-state index in [9.17, 15) is 4.79 Å². The molecule has 0 atom stereocenters. The molecule has 0 heterocycles. The van der Waals surface area contributed by atoms with Crippen LogP contribution in [0.15, 0.2) is 0 Å². The largest absolute Gasteiger partial charge is 0.466 e. The van der Waals surface area contributed by atoms with Gasteiger partial charge in [-0.2, -0.15) is 0 Å². The maximum Gasteiger partial charge on any atom is 0.305 e. The highest BCUT2D eigenvalue weighted by molar-refractivity contribution is 5.69. The lowest BCUT2D eigenvalue weighted by molar-refractivity contribution is -0.144. The topological polar surface area (TPSA) is 44.8 Å². The molecule has 0 unspecified atom stereocenters. The monoisotopic (exact) mass is 428 g/mol. The maximum atomic E-state index is 11.7. The van der Waals surface area contributed by atoms with Crippen molar-refractivity contribution in [1.82, 2.24) is 0 Å². The Morgan fingerprint density at radius 3 is 1.63 bits per heavy atom. The molecule has 0 aromatic rings. The first-order chi connectivity index (χ1) is 14.7. The third kappa shape index (κ3) is 25.4. The Morgan fingerprint density at radius 1 is 0.600 bits per heavy atom. The van der Waals surface area contributed by atoms with Crippen LogP contribution in [0.4, 0.5) is 0 Å². The van der Waals surface area contributed by atoms with Crippen molar-refractivity contribution in [3.8, 4) is 0 Å². The number of rotatable bonds is 24. The molecule has 4 heteroatoms. The average Bonchev–Trinajstić information content (AvgIpc) is 2.72. The fraction of sp³-hybridized carbons (Fsp3) is 0.962. The van der Waals surface area contributed by atoms with Crippen LogP contribution in [0.1, 0.15) is 124 Å². The Hall–Kier alpha value is -0.610. The van der Waals surface area contributed by atoms with Gasteiger partial charge in [0.2, 0.25) is 0 Å². The summed E-state index contributed by atoms with van der Waals surface area (Å²) >= 11 is 0. The molecule has 0 rings (SSSR count). The van der Waals surface area contributed by atoms with E-state index in [4.69, 9.17) is 14.2 Å². The SMILES string of the molecule is CCCCCCCCCCCCCCCCOC(=O)CCCOCCOCC(C)C. The number of hydrogen-bond donors (Lipinski definition) is 0. The number of unbranched alkanes of at least 4 members (excludes halogenated alkanes) is 13. The van der Waals surface area contributed by atoms with Crippen LogP contribution in [0.3, 0.4) is 0 Å². The second-order valence-corrected chi connectivity index (χ2v) is 9.00. The van der Waals surface area contributed by atoms with Crippen LogP contribution in [0.25, 0.3) is 0 Å². The molecule has 0 fully saturated rings. The zero-order valence-electron chi connectivity index (χ0n) is 20.6. The van der Waals surface area contributed by atoms with Crippen molar-refractivity contribution in [1.29, 1.82) is 0 Å². The Bertz CT molecular complexity index is 344. The highest BCUT2D eigenvalue weighted by Gasteiger charge is 2.03. The quantitative estimate of drug-likeness (QED) is 0.118. The molecule has 0 bridgehead atoms. The molecule has 0 N–H and O–H groups in total. The lowest BCUT2D eigenvalue weighted by Crippen LogP contribution is -2.10. The smallest absolute Gasteiger partial charge is 0.305 e. The lowest BCUT2D eigenvalue weighted by atomic mass is 10.0. The minimum Gasteiger partial charge on any atom is -0.466 e. The van der Waals surface area contributed by atoms with Crippen molar-refractivity contribution in [2.45, 2.75) is 124 Å². The lowest BCUT2D eigenvalue weighted by Gasteiger charge is -2.08. The second-order valence-electron chi connectivity index (χ2n) is 9.00. The maximum absolute atomic E-state index is 11.7. The first kappa shape index (κ1) is 29.4. The molecule has 0 aromatic carbocycles. The number of ether oxygens (including phenoxy) is 3. The summed E-state index contributed by atoms with van der Waals surface area (Å²) in [6.45, 7) is 9.70. The molecule has 30 heavy (non-hydrogen) atoms. The molecule has 0 amide bonds. The van der Waals surface area contributed by atoms with Gasteiger partial charge in [0, 0.05) is 19.6 Å². The van der Waals surface area contributed by atoms with Crippen LogP contribution in [0, 0.1) is 5.92 Å². The Morgan fingerprint density at radius 2 is 1.10 bits per heavy atom. The van der Waals surface area contributed by atoms with Crippen LogP contribution in [-0.2, 0) is 19.0 Å². The average molecular weight is 429 g/mol. The third-order valence-corrected chi connectivity index (χ3v) is 5.25. The first-order valence-electron chi connectivity index (χ1n) is 13.0. The van der Waals surface area contributed by atoms with Crippen molar-refractivity contribution in [3.05, 3.63) is 0 Å². The molecule has 0 saturated carbocycles. The van der Waals surface area contributed by atoms with Gasteiger partial charge in [-0.3, -0.25) is 4.79 Å². The Labute approximate surface area is 187 Å². The first-order valence-corrected chi connectivity index (χ1v) is 13.0. The van der Waals surface area contributed by atoms with Crippen molar-refractivity contribution in [2.24, 2.45) is 5.92 Å². The normalized spacial score (nSPS) is 11.3. The summed E-state index contributed by atoms with van der Waals surface area (Å²) in [5.41, 5.74) is 0. The van der Waals surface area contributed by atoms with Gasteiger partial charge in [-0.25, -0.2) is 0 Å². The molecule has 0 aliphatic rings. The van der Waals surface area contributed by atoms with E-state index >= 15 is 0 Å². The molecule has 0 aliphatic carbocycles. The number of carbonyl (C=O) groups excluding carboxylic acids is 1. The van der Waals surface area contributed by atoms with Gasteiger partial charge in [0.25, 0.3) is 0 Å². The van der Waals surface area contributed by atoms with Gasteiger partial charge in [0.15, 0.2) is 0 Å². The van der Waals surface area contributed by atoms with Crippen molar-refractivity contribution >= 4 is 5.97 Å². The minimum absolute atomic E-state index is 0.0932. The summed E-state index contributed by atoms with van der Waals surface area (Å²) < 4.78 is 16.2. The predicted octanol–water partition coefficient (Wildman–Crippen LogP) is 7.48. The second kappa shape index (κ2) is 24.7. The minimum atomic E-state index is -0.0932. The zero-order chi connectivity index (χ0) is 22.1. The van der Waals surface area contributed by atoms with E-state index in [1.54, 1.807) is 0 Å². The zero-order valence-corrected chi connectivity index (χ0v) is 20.6. The Kier molecular flexibility index (Phi) is 24.2. The summed E-state index contributed by atoms with van der Waals surface area (Å²) in [6, 6.07) is 0. The molecular weight excluding hydrogens is 376 g/mol. The van der Waals surface area contributed by atoms with E-state index in [1.807, 2.05) is 0 Å². The van der Waals surface area contributed by atoms with Crippen LogP contribution in [0.5, 0.6) is 0 Å². The highest BCUT2D eigenvalue weighted by Crippen LogP contribution is 2.13. The van der Waals surface area contributed by atoms with E-state index in [2.05, 4.69) is 20.8 Å². The van der Waals surface area contributed by atoms with Gasteiger partial charge in [0.1, 0.15) is 0 Å². The van der Waals surface area contributed by atoms with E-state index < -0.39 is 0 Å². The molecular formula is C26H52O4. The molecule has 4 nitrogen and oxygen atoms in total. The van der Waals surface area contributed by atoms with E-state index in [1.165, 1.54) is 83.5 Å². The van der Waals surface area contributed by atoms with Crippen LogP contribution < -0.4 is 0 Å². The molecule has 0 radical (unpaired) electrons. The molecule has 180 valence electrons. The van der Waals surface area contributed by atoms with E-state index in [0.29, 0.717) is 38.8 Å². The summed E-state index contributed by atoms with van der Waals surface area (Å²) in [5, 5.41) is 0. The fourth-order valence-electron chi connectivity index (χ4n) is 3.41. The van der Waals surface area contributed by atoms with Crippen molar-refractivity contribution < 1.29 is 19.0 Å². The van der Waals surface area contributed by atoms with Gasteiger partial charge in [-0.05, 0) is 18.8 Å². The van der Waals surface area contributed by atoms with Gasteiger partial charge < -0.3 is 14.2 Å². The summed E-state index contributed by atoms with van der Waals surface area (Å²) in [6.07, 6.45) is 19.9. The van der Waals surface area contributed by atoms with Gasteiger partial charge >= 0.3 is 5.97 Å². The molecule has 0 spiro atoms. The standard InChI is InChI=1S/C26H52O4/c1-4-5-6-7-8-9-10-11-12-13-14-15-16-17-21-30-26(27)19-18-20-28-22-23-29-24-25(2)3/h25H,4-24H2,1-3H3. The van der Waals surface area contributed by atoms with Crippen molar-refractivity contribution in [2.75, 3.05) is 33.0 Å². The van der Waals surface area contributed by atoms with Gasteiger partial charge in [-0.15, -0.1) is 0 Å². The number of hydrogen-bond acceptors (Lipinski definition) is 4. The van der Waals surface area contributed by atoms with Crippen LogP contribution in [0.2, 0.25) is 0 Å². The van der Waals surface area contributed by atoms with E-state index in [-0.39, 0.29) is 5.97 Å². The van der Waals surface area contributed by atoms with Crippen LogP contribution >= 0.6 is 0 Å². The van der Waals surface area contributed by atoms with Gasteiger partial charge in [-0.1, -0.05) is 104 Å². The third-order valence-electron chi connectivity index (χ3n) is 5.25. The molecule has 0 saturated heterocycles. The summed E-state index contributed by atoms with van der Waals surface area (Å²) in [4.78, 5) is 11.7. The molecule has 0 aliphatic heterocycles. The fourth-order valence-corrected chi connectivity index (χ4v) is 3.41. The highest BCUT2D eigenvalue weighted by atomic mass is 16.5. The van der Waals surface area contributed by atoms with Crippen molar-refractivity contribution in [3.63, 3.8) is 0 Å². The van der Waals surface area contributed by atoms with E-state index in [0.717, 1.165) is 19.4 Å². The number of esters is 1. The van der Waals surface area contributed by atoms with Crippen LogP contribution in [-0.4, -0.2) is 39.0 Å².